The third kappa shape index (κ3) is 4.64. The number of aryl methyl sites for hydroxylation is 1. The molecule has 1 saturated heterocycles. The van der Waals surface area contributed by atoms with Crippen LogP contribution in [0, 0.1) is 17.0 Å². The number of sulfone groups is 1. The molecule has 7 nitrogen and oxygen atoms in total. The van der Waals surface area contributed by atoms with Crippen LogP contribution in [0.15, 0.2) is 23.1 Å². The van der Waals surface area contributed by atoms with Gasteiger partial charge in [-0.05, 0) is 13.0 Å². The van der Waals surface area contributed by atoms with E-state index < -0.39 is 14.8 Å². The van der Waals surface area contributed by atoms with E-state index in [2.05, 4.69) is 0 Å². The summed E-state index contributed by atoms with van der Waals surface area (Å²) in [6, 6.07) is 4.04. The monoisotopic (exact) mass is 350 g/mol. The van der Waals surface area contributed by atoms with Crippen LogP contribution >= 0.6 is 12.4 Å². The molecule has 0 atom stereocenters. The van der Waals surface area contributed by atoms with Crippen LogP contribution in [0.25, 0.3) is 0 Å². The Morgan fingerprint density at radius 1 is 1.32 bits per heavy atom. The predicted molar refractivity (Wildman–Crippen MR) is 84.4 cm³/mol. The fraction of sp³-hybridized carbons (Fsp3) is 0.538. The Morgan fingerprint density at radius 2 is 1.95 bits per heavy atom. The van der Waals surface area contributed by atoms with E-state index in [1.807, 2.05) is 4.90 Å². The molecule has 0 aromatic heterocycles. The summed E-state index contributed by atoms with van der Waals surface area (Å²) in [5.74, 6) is -0.0484. The average Bonchev–Trinajstić information content (AvgIpc) is 2.46. The number of morpholine rings is 1. The zero-order valence-corrected chi connectivity index (χ0v) is 13.9. The van der Waals surface area contributed by atoms with Crippen molar-refractivity contribution < 1.29 is 18.1 Å². The molecule has 1 aromatic rings. The van der Waals surface area contributed by atoms with Crippen molar-refractivity contribution in [1.29, 1.82) is 0 Å². The van der Waals surface area contributed by atoms with Gasteiger partial charge in [0.25, 0.3) is 5.69 Å². The predicted octanol–water partition coefficient (Wildman–Crippen LogP) is 1.43. The third-order valence-corrected chi connectivity index (χ3v) is 5.21. The number of hydrogen-bond acceptors (Lipinski definition) is 6. The Labute approximate surface area is 135 Å². The van der Waals surface area contributed by atoms with Crippen molar-refractivity contribution in [3.63, 3.8) is 0 Å². The minimum atomic E-state index is -3.52. The first-order chi connectivity index (χ1) is 9.90. The van der Waals surface area contributed by atoms with Crippen molar-refractivity contribution in [1.82, 2.24) is 4.90 Å². The lowest BCUT2D eigenvalue weighted by Crippen LogP contribution is -2.39. The molecule has 0 radical (unpaired) electrons. The highest BCUT2D eigenvalue weighted by molar-refractivity contribution is 7.91. The maximum atomic E-state index is 12.3. The summed E-state index contributed by atoms with van der Waals surface area (Å²) < 4.78 is 29.8. The van der Waals surface area contributed by atoms with E-state index in [9.17, 15) is 18.5 Å². The molecule has 124 valence electrons. The zero-order valence-electron chi connectivity index (χ0n) is 12.2. The molecule has 9 heteroatoms. The minimum Gasteiger partial charge on any atom is -0.379 e. The van der Waals surface area contributed by atoms with Gasteiger partial charge in [-0.3, -0.25) is 15.0 Å². The minimum absolute atomic E-state index is 0. The van der Waals surface area contributed by atoms with Crippen LogP contribution in [0.4, 0.5) is 5.69 Å². The summed E-state index contributed by atoms with van der Waals surface area (Å²) >= 11 is 0. The number of nitrogens with zero attached hydrogens (tertiary/aromatic N) is 2. The third-order valence-electron chi connectivity index (χ3n) is 3.52. The van der Waals surface area contributed by atoms with Gasteiger partial charge in [0.2, 0.25) is 0 Å². The van der Waals surface area contributed by atoms with E-state index in [0.717, 1.165) is 6.07 Å². The van der Waals surface area contributed by atoms with Gasteiger partial charge in [0.15, 0.2) is 9.84 Å². The van der Waals surface area contributed by atoms with Crippen molar-refractivity contribution in [2.45, 2.75) is 11.8 Å². The first-order valence-electron chi connectivity index (χ1n) is 6.68. The second-order valence-electron chi connectivity index (χ2n) is 4.98. The summed E-state index contributed by atoms with van der Waals surface area (Å²) in [4.78, 5) is 12.4. The second-order valence-corrected chi connectivity index (χ2v) is 7.09. The van der Waals surface area contributed by atoms with E-state index in [1.54, 1.807) is 6.92 Å². The lowest BCUT2D eigenvalue weighted by molar-refractivity contribution is -0.385. The lowest BCUT2D eigenvalue weighted by Gasteiger charge is -2.26. The first-order valence-corrected chi connectivity index (χ1v) is 8.33. The molecule has 1 aromatic carbocycles. The summed E-state index contributed by atoms with van der Waals surface area (Å²) in [6.45, 7) is 4.63. The molecule has 1 aliphatic heterocycles. The standard InChI is InChI=1S/C13H18N2O5S.ClH/c1-11-2-3-12(10-13(11)15(16)17)21(18,19)9-6-14-4-7-20-8-5-14;/h2-3,10H,4-9H2,1H3;1H. The average molecular weight is 351 g/mol. The van der Waals surface area contributed by atoms with E-state index in [-0.39, 0.29) is 28.7 Å². The molecule has 1 aliphatic rings. The van der Waals surface area contributed by atoms with Gasteiger partial charge < -0.3 is 4.74 Å². The van der Waals surface area contributed by atoms with Gasteiger partial charge in [-0.15, -0.1) is 12.4 Å². The van der Waals surface area contributed by atoms with Crippen molar-refractivity contribution in [2.75, 3.05) is 38.6 Å². The number of benzene rings is 1. The van der Waals surface area contributed by atoms with Crippen molar-refractivity contribution >= 4 is 27.9 Å². The molecule has 0 N–H and O–H groups in total. The molecule has 0 saturated carbocycles. The first kappa shape index (κ1) is 18.8. The number of nitro benzene ring substituents is 1. The molecule has 22 heavy (non-hydrogen) atoms. The number of nitro groups is 1. The topological polar surface area (TPSA) is 89.8 Å². The van der Waals surface area contributed by atoms with Gasteiger partial charge in [0, 0.05) is 31.3 Å². The maximum Gasteiger partial charge on any atom is 0.273 e. The van der Waals surface area contributed by atoms with Crippen LogP contribution in [0.5, 0.6) is 0 Å². The van der Waals surface area contributed by atoms with E-state index in [4.69, 9.17) is 4.74 Å². The highest BCUT2D eigenvalue weighted by atomic mass is 35.5. The van der Waals surface area contributed by atoms with Crippen molar-refractivity contribution in [3.8, 4) is 0 Å². The van der Waals surface area contributed by atoms with Gasteiger partial charge in [-0.1, -0.05) is 6.07 Å². The normalized spacial score (nSPS) is 16.0. The molecule has 1 heterocycles. The van der Waals surface area contributed by atoms with Gasteiger partial charge in [0.1, 0.15) is 0 Å². The van der Waals surface area contributed by atoms with Crippen LogP contribution < -0.4 is 0 Å². The Morgan fingerprint density at radius 3 is 2.55 bits per heavy atom. The number of ether oxygens (including phenoxy) is 1. The van der Waals surface area contributed by atoms with E-state index in [1.165, 1.54) is 12.1 Å². The fourth-order valence-electron chi connectivity index (χ4n) is 2.17. The van der Waals surface area contributed by atoms with Crippen molar-refractivity contribution in [2.24, 2.45) is 0 Å². The van der Waals surface area contributed by atoms with Crippen molar-refractivity contribution in [3.05, 3.63) is 33.9 Å². The van der Waals surface area contributed by atoms with E-state index >= 15 is 0 Å². The zero-order chi connectivity index (χ0) is 15.5. The van der Waals surface area contributed by atoms with Gasteiger partial charge in [-0.25, -0.2) is 8.42 Å². The summed E-state index contributed by atoms with van der Waals surface area (Å²) in [7, 11) is -3.52. The Hall–Kier alpha value is -1.22. The fourth-order valence-corrected chi connectivity index (χ4v) is 3.47. The van der Waals surface area contributed by atoms with Gasteiger partial charge in [-0.2, -0.15) is 0 Å². The molecule has 0 aliphatic carbocycles. The van der Waals surface area contributed by atoms with Gasteiger partial charge >= 0.3 is 0 Å². The van der Waals surface area contributed by atoms with Crippen LogP contribution in [0.1, 0.15) is 5.56 Å². The van der Waals surface area contributed by atoms with Crippen LogP contribution in [0.3, 0.4) is 0 Å². The Bertz CT molecular complexity index is 629. The molecule has 2 rings (SSSR count). The smallest absolute Gasteiger partial charge is 0.273 e. The second kappa shape index (κ2) is 7.87. The SMILES string of the molecule is Cc1ccc(S(=O)(=O)CCN2CCOCC2)cc1[N+](=O)[O-].Cl. The summed E-state index contributed by atoms with van der Waals surface area (Å²) in [5.41, 5.74) is 0.287. The number of hydrogen-bond donors (Lipinski definition) is 0. The van der Waals surface area contributed by atoms with Gasteiger partial charge in [0.05, 0.1) is 28.8 Å². The molecule has 0 amide bonds. The number of rotatable bonds is 5. The largest absolute Gasteiger partial charge is 0.379 e. The van der Waals surface area contributed by atoms with Crippen LogP contribution in [0.2, 0.25) is 0 Å². The molecule has 0 bridgehead atoms. The van der Waals surface area contributed by atoms with Crippen LogP contribution in [-0.4, -0.2) is 56.8 Å². The molecular weight excluding hydrogens is 332 g/mol. The van der Waals surface area contributed by atoms with E-state index in [0.29, 0.717) is 38.4 Å². The Kier molecular flexibility index (Phi) is 6.73. The molecule has 1 fully saturated rings. The van der Waals surface area contributed by atoms with Crippen LogP contribution in [-0.2, 0) is 14.6 Å². The summed E-state index contributed by atoms with van der Waals surface area (Å²) in [6.07, 6.45) is 0. The lowest BCUT2D eigenvalue weighted by atomic mass is 10.2. The molecule has 0 spiro atoms. The molecule has 0 unspecified atom stereocenters. The number of halogens is 1. The quantitative estimate of drug-likeness (QED) is 0.589. The molecular formula is C13H19ClN2O5S. The Balaban J connectivity index is 0.00000242. The maximum absolute atomic E-state index is 12.3. The summed E-state index contributed by atoms with van der Waals surface area (Å²) in [5, 5.41) is 10.9. The highest BCUT2D eigenvalue weighted by Gasteiger charge is 2.21. The highest BCUT2D eigenvalue weighted by Crippen LogP contribution is 2.23.